The van der Waals surface area contributed by atoms with Crippen molar-refractivity contribution in [1.82, 2.24) is 5.32 Å². The summed E-state index contributed by atoms with van der Waals surface area (Å²) in [6, 6.07) is 11.9. The van der Waals surface area contributed by atoms with E-state index in [9.17, 15) is 9.59 Å². The average molecular weight is 417 g/mol. The summed E-state index contributed by atoms with van der Waals surface area (Å²) in [4.78, 5) is 27.2. The number of esters is 1. The second-order valence-corrected chi connectivity index (χ2v) is 8.43. The summed E-state index contributed by atoms with van der Waals surface area (Å²) in [6.45, 7) is 7.43. The van der Waals surface area contributed by atoms with Crippen LogP contribution in [-0.2, 0) is 14.3 Å². The number of benzene rings is 1. The van der Waals surface area contributed by atoms with E-state index in [-0.39, 0.29) is 12.5 Å². The highest BCUT2D eigenvalue weighted by Gasteiger charge is 2.23. The third-order valence-corrected chi connectivity index (χ3v) is 5.85. The third kappa shape index (κ3) is 6.05. The summed E-state index contributed by atoms with van der Waals surface area (Å²) >= 11 is 1.41. The molecule has 2 aromatic rings. The maximum Gasteiger partial charge on any atom is 0.348 e. The van der Waals surface area contributed by atoms with Crippen LogP contribution in [0.15, 0.2) is 36.4 Å². The largest absolute Gasteiger partial charge is 0.451 e. The van der Waals surface area contributed by atoms with Crippen molar-refractivity contribution >= 4 is 28.2 Å². The molecule has 1 amide bonds. The van der Waals surface area contributed by atoms with E-state index < -0.39 is 5.97 Å². The number of amides is 1. The van der Waals surface area contributed by atoms with Gasteiger partial charge < -0.3 is 19.7 Å². The SMILES string of the molecule is CC(C)CCNC(=O)COC(=O)c1cc(-c2ccccc2)c(N2CCOCC2)s1. The van der Waals surface area contributed by atoms with Gasteiger partial charge in [-0.3, -0.25) is 4.79 Å². The summed E-state index contributed by atoms with van der Waals surface area (Å²) in [5, 5.41) is 3.82. The van der Waals surface area contributed by atoms with E-state index in [0.717, 1.165) is 35.6 Å². The fraction of sp³-hybridized carbons (Fsp3) is 0.455. The topological polar surface area (TPSA) is 67.9 Å². The number of morpholine rings is 1. The van der Waals surface area contributed by atoms with Crippen molar-refractivity contribution in [2.75, 3.05) is 44.4 Å². The van der Waals surface area contributed by atoms with Gasteiger partial charge >= 0.3 is 5.97 Å². The van der Waals surface area contributed by atoms with Crippen molar-refractivity contribution in [2.45, 2.75) is 20.3 Å². The lowest BCUT2D eigenvalue weighted by Gasteiger charge is -2.28. The summed E-state index contributed by atoms with van der Waals surface area (Å²) in [7, 11) is 0. The molecule has 6 nitrogen and oxygen atoms in total. The van der Waals surface area contributed by atoms with Crippen LogP contribution >= 0.6 is 11.3 Å². The Morgan fingerprint density at radius 1 is 1.21 bits per heavy atom. The smallest absolute Gasteiger partial charge is 0.348 e. The minimum absolute atomic E-state index is 0.262. The number of carbonyl (C=O) groups excluding carboxylic acids is 2. The number of nitrogens with zero attached hydrogens (tertiary/aromatic N) is 1. The molecule has 0 saturated carbocycles. The van der Waals surface area contributed by atoms with Gasteiger partial charge in [0.05, 0.1) is 18.2 Å². The van der Waals surface area contributed by atoms with E-state index >= 15 is 0 Å². The molecule has 29 heavy (non-hydrogen) atoms. The Labute approximate surface area is 175 Å². The van der Waals surface area contributed by atoms with Crippen molar-refractivity contribution in [3.05, 3.63) is 41.3 Å². The van der Waals surface area contributed by atoms with Gasteiger partial charge in [-0.1, -0.05) is 44.2 Å². The fourth-order valence-corrected chi connectivity index (χ4v) is 4.19. The second kappa shape index (κ2) is 10.4. The molecule has 3 rings (SSSR count). The first-order valence-corrected chi connectivity index (χ1v) is 10.8. The van der Waals surface area contributed by atoms with Crippen LogP contribution < -0.4 is 10.2 Å². The molecule has 0 spiro atoms. The maximum absolute atomic E-state index is 12.6. The van der Waals surface area contributed by atoms with E-state index in [2.05, 4.69) is 24.1 Å². The Kier molecular flexibility index (Phi) is 7.66. The normalized spacial score (nSPS) is 14.1. The van der Waals surface area contributed by atoms with E-state index in [4.69, 9.17) is 9.47 Å². The molecule has 1 aromatic carbocycles. The number of carbonyl (C=O) groups is 2. The van der Waals surface area contributed by atoms with Gasteiger partial charge in [-0.15, -0.1) is 11.3 Å². The first-order valence-electron chi connectivity index (χ1n) is 10.0. The summed E-state index contributed by atoms with van der Waals surface area (Å²) in [5.41, 5.74) is 2.06. The third-order valence-electron chi connectivity index (χ3n) is 4.67. The molecule has 1 N–H and O–H groups in total. The van der Waals surface area contributed by atoms with Crippen LogP contribution in [0.4, 0.5) is 5.00 Å². The van der Waals surface area contributed by atoms with E-state index in [1.165, 1.54) is 11.3 Å². The van der Waals surface area contributed by atoms with Crippen LogP contribution in [0.25, 0.3) is 11.1 Å². The van der Waals surface area contributed by atoms with Crippen molar-refractivity contribution in [3.8, 4) is 11.1 Å². The summed E-state index contributed by atoms with van der Waals surface area (Å²) in [5.74, 6) is -0.225. The van der Waals surface area contributed by atoms with Crippen molar-refractivity contribution < 1.29 is 19.1 Å². The molecule has 0 radical (unpaired) electrons. The molecule has 1 aliphatic rings. The summed E-state index contributed by atoms with van der Waals surface area (Å²) in [6.07, 6.45) is 0.897. The van der Waals surface area contributed by atoms with Gasteiger partial charge in [0.2, 0.25) is 0 Å². The number of nitrogens with one attached hydrogen (secondary N) is 1. The second-order valence-electron chi connectivity index (χ2n) is 7.40. The van der Waals surface area contributed by atoms with Gasteiger partial charge in [-0.05, 0) is 24.0 Å². The quantitative estimate of drug-likeness (QED) is 0.667. The van der Waals surface area contributed by atoms with E-state index in [1.807, 2.05) is 36.4 Å². The van der Waals surface area contributed by atoms with Crippen molar-refractivity contribution in [2.24, 2.45) is 5.92 Å². The molecular formula is C22H28N2O4S. The van der Waals surface area contributed by atoms with Gasteiger partial charge in [0, 0.05) is 25.2 Å². The van der Waals surface area contributed by atoms with Crippen molar-refractivity contribution in [1.29, 1.82) is 0 Å². The van der Waals surface area contributed by atoms with Gasteiger partial charge in [0.15, 0.2) is 6.61 Å². The Hall–Kier alpha value is -2.38. The number of thiophene rings is 1. The van der Waals surface area contributed by atoms with Gasteiger partial charge in [-0.2, -0.15) is 0 Å². The highest BCUT2D eigenvalue weighted by atomic mass is 32.1. The number of hydrogen-bond donors (Lipinski definition) is 1. The lowest BCUT2D eigenvalue weighted by atomic mass is 10.1. The van der Waals surface area contributed by atoms with Crippen LogP contribution in [0.3, 0.4) is 0 Å². The zero-order valence-electron chi connectivity index (χ0n) is 17.0. The monoisotopic (exact) mass is 416 g/mol. The molecule has 0 atom stereocenters. The molecule has 1 aliphatic heterocycles. The van der Waals surface area contributed by atoms with Crippen LogP contribution in [0, 0.1) is 5.92 Å². The number of hydrogen-bond acceptors (Lipinski definition) is 6. The Morgan fingerprint density at radius 2 is 1.93 bits per heavy atom. The van der Waals surface area contributed by atoms with E-state index in [1.54, 1.807) is 0 Å². The van der Waals surface area contributed by atoms with Crippen molar-refractivity contribution in [3.63, 3.8) is 0 Å². The van der Waals surface area contributed by atoms with Gasteiger partial charge in [0.25, 0.3) is 5.91 Å². The van der Waals surface area contributed by atoms with Gasteiger partial charge in [0.1, 0.15) is 4.88 Å². The van der Waals surface area contributed by atoms with Gasteiger partial charge in [-0.25, -0.2) is 4.79 Å². The predicted molar refractivity (Wildman–Crippen MR) is 116 cm³/mol. The first kappa shape index (κ1) is 21.3. The fourth-order valence-electron chi connectivity index (χ4n) is 3.06. The van der Waals surface area contributed by atoms with Crippen LogP contribution in [-0.4, -0.2) is 51.3 Å². The molecular weight excluding hydrogens is 388 g/mol. The average Bonchev–Trinajstić information content (AvgIpc) is 3.19. The molecule has 1 aromatic heterocycles. The minimum Gasteiger partial charge on any atom is -0.451 e. The Morgan fingerprint density at radius 3 is 2.62 bits per heavy atom. The molecule has 1 fully saturated rings. The van der Waals surface area contributed by atoms with Crippen LogP contribution in [0.2, 0.25) is 0 Å². The molecule has 7 heteroatoms. The number of ether oxygens (including phenoxy) is 2. The molecule has 2 heterocycles. The zero-order chi connectivity index (χ0) is 20.6. The molecule has 156 valence electrons. The molecule has 0 unspecified atom stereocenters. The maximum atomic E-state index is 12.6. The zero-order valence-corrected chi connectivity index (χ0v) is 17.8. The highest BCUT2D eigenvalue weighted by Crippen LogP contribution is 2.39. The lowest BCUT2D eigenvalue weighted by Crippen LogP contribution is -2.35. The standard InChI is InChI=1S/C22H28N2O4S/c1-16(2)8-9-23-20(25)15-28-22(26)19-14-18(17-6-4-3-5-7-17)21(29-19)24-10-12-27-13-11-24/h3-7,14,16H,8-13,15H2,1-2H3,(H,23,25). The molecule has 0 aliphatic carbocycles. The lowest BCUT2D eigenvalue weighted by molar-refractivity contribution is -0.124. The number of rotatable bonds is 8. The van der Waals surface area contributed by atoms with Crippen LogP contribution in [0.5, 0.6) is 0 Å². The minimum atomic E-state index is -0.467. The first-order chi connectivity index (χ1) is 14.0. The summed E-state index contributed by atoms with van der Waals surface area (Å²) < 4.78 is 10.7. The Bertz CT molecular complexity index is 813. The molecule has 1 saturated heterocycles. The molecule has 0 bridgehead atoms. The number of anilines is 1. The van der Waals surface area contributed by atoms with E-state index in [0.29, 0.717) is 30.6 Å². The predicted octanol–water partition coefficient (Wildman–Crippen LogP) is 3.57. The Balaban J connectivity index is 1.69. The highest BCUT2D eigenvalue weighted by molar-refractivity contribution is 7.18. The van der Waals surface area contributed by atoms with Crippen LogP contribution in [0.1, 0.15) is 29.9 Å².